The van der Waals surface area contributed by atoms with Crippen LogP contribution in [0.15, 0.2) is 36.4 Å². The van der Waals surface area contributed by atoms with Crippen molar-refractivity contribution in [2.24, 2.45) is 0 Å². The van der Waals surface area contributed by atoms with Crippen molar-refractivity contribution in [2.45, 2.75) is 12.8 Å². The first kappa shape index (κ1) is 13.7. The highest BCUT2D eigenvalue weighted by Gasteiger charge is 2.07. The van der Waals surface area contributed by atoms with E-state index in [1.165, 1.54) is 0 Å². The van der Waals surface area contributed by atoms with E-state index < -0.39 is 0 Å². The van der Waals surface area contributed by atoms with Crippen molar-refractivity contribution in [3.8, 4) is 5.75 Å². The molecule has 2 rings (SSSR count). The van der Waals surface area contributed by atoms with Gasteiger partial charge in [-0.1, -0.05) is 6.07 Å². The molecule has 100 valence electrons. The van der Waals surface area contributed by atoms with Crippen molar-refractivity contribution in [1.82, 2.24) is 4.98 Å². The monoisotopic (exact) mass is 276 g/mol. The smallest absolute Gasteiger partial charge is 0.132 e. The highest BCUT2D eigenvalue weighted by atomic mass is 35.5. The second-order valence-corrected chi connectivity index (χ2v) is 4.57. The highest BCUT2D eigenvalue weighted by molar-refractivity contribution is 6.17. The molecule has 1 aromatic heterocycles. The Kier molecular flexibility index (Phi) is 4.27. The third-order valence-electron chi connectivity index (χ3n) is 3.13. The largest absolute Gasteiger partial charge is 0.497 e. The minimum absolute atomic E-state index is 0.491. The number of rotatable bonds is 4. The van der Waals surface area contributed by atoms with E-state index in [4.69, 9.17) is 16.3 Å². The van der Waals surface area contributed by atoms with Crippen LogP contribution in [0, 0.1) is 6.92 Å². The van der Waals surface area contributed by atoms with Crippen LogP contribution in [0.3, 0.4) is 0 Å². The van der Waals surface area contributed by atoms with Crippen LogP contribution in [-0.2, 0) is 5.88 Å². The van der Waals surface area contributed by atoms with Crippen LogP contribution >= 0.6 is 11.6 Å². The third-order valence-corrected chi connectivity index (χ3v) is 3.42. The van der Waals surface area contributed by atoms with E-state index in [1.54, 1.807) is 7.11 Å². The van der Waals surface area contributed by atoms with Gasteiger partial charge < -0.3 is 9.64 Å². The number of alkyl halides is 1. The SMILES string of the molecule is COc1ccc(N(C)c2ccc(CCl)c(C)n2)cc1. The van der Waals surface area contributed by atoms with Crippen LogP contribution in [-0.4, -0.2) is 19.1 Å². The lowest BCUT2D eigenvalue weighted by Gasteiger charge is -2.19. The standard InChI is InChI=1S/C15H17ClN2O/c1-11-12(10-16)4-9-15(17-11)18(2)13-5-7-14(19-3)8-6-13/h4-9H,10H2,1-3H3. The molecular formula is C15H17ClN2O. The van der Waals surface area contributed by atoms with E-state index in [1.807, 2.05) is 55.3 Å². The molecule has 0 unspecified atom stereocenters. The van der Waals surface area contributed by atoms with Gasteiger partial charge in [-0.15, -0.1) is 11.6 Å². The number of ether oxygens (including phenoxy) is 1. The third kappa shape index (κ3) is 2.99. The van der Waals surface area contributed by atoms with Gasteiger partial charge >= 0.3 is 0 Å². The number of hydrogen-bond donors (Lipinski definition) is 0. The lowest BCUT2D eigenvalue weighted by atomic mass is 10.2. The topological polar surface area (TPSA) is 25.4 Å². The molecule has 0 atom stereocenters. The Balaban J connectivity index is 2.27. The van der Waals surface area contributed by atoms with Crippen LogP contribution in [0.1, 0.15) is 11.3 Å². The summed E-state index contributed by atoms with van der Waals surface area (Å²) in [6.07, 6.45) is 0. The van der Waals surface area contributed by atoms with Crippen molar-refractivity contribution in [2.75, 3.05) is 19.1 Å². The van der Waals surface area contributed by atoms with Crippen molar-refractivity contribution in [1.29, 1.82) is 0 Å². The minimum atomic E-state index is 0.491. The number of benzene rings is 1. The predicted octanol–water partition coefficient (Wildman–Crippen LogP) is 3.91. The zero-order valence-corrected chi connectivity index (χ0v) is 12.1. The van der Waals surface area contributed by atoms with Gasteiger partial charge in [-0.2, -0.15) is 0 Å². The molecule has 0 aliphatic heterocycles. The summed E-state index contributed by atoms with van der Waals surface area (Å²) in [5.74, 6) is 2.24. The number of pyridine rings is 1. The van der Waals surface area contributed by atoms with Crippen molar-refractivity contribution in [3.63, 3.8) is 0 Å². The van der Waals surface area contributed by atoms with Gasteiger partial charge in [-0.05, 0) is 42.8 Å². The van der Waals surface area contributed by atoms with E-state index in [-0.39, 0.29) is 0 Å². The molecule has 0 amide bonds. The summed E-state index contributed by atoms with van der Waals surface area (Å²) in [5, 5.41) is 0. The van der Waals surface area contributed by atoms with Gasteiger partial charge in [0.25, 0.3) is 0 Å². The van der Waals surface area contributed by atoms with Gasteiger partial charge in [0.05, 0.1) is 7.11 Å². The fraction of sp³-hybridized carbons (Fsp3) is 0.267. The van der Waals surface area contributed by atoms with Gasteiger partial charge in [0, 0.05) is 24.3 Å². The summed E-state index contributed by atoms with van der Waals surface area (Å²) in [7, 11) is 3.65. The van der Waals surface area contributed by atoms with Gasteiger partial charge in [0.2, 0.25) is 0 Å². The Morgan fingerprint density at radius 1 is 1.16 bits per heavy atom. The molecule has 0 radical (unpaired) electrons. The summed E-state index contributed by atoms with van der Waals surface area (Å²) in [5.41, 5.74) is 3.09. The summed E-state index contributed by atoms with van der Waals surface area (Å²) in [6.45, 7) is 1.98. The quantitative estimate of drug-likeness (QED) is 0.792. The number of nitrogens with zero attached hydrogens (tertiary/aromatic N) is 2. The van der Waals surface area contributed by atoms with Crippen LogP contribution in [0.2, 0.25) is 0 Å². The maximum Gasteiger partial charge on any atom is 0.132 e. The second kappa shape index (κ2) is 5.93. The lowest BCUT2D eigenvalue weighted by molar-refractivity contribution is 0.415. The number of aromatic nitrogens is 1. The van der Waals surface area contributed by atoms with Crippen LogP contribution in [0.5, 0.6) is 5.75 Å². The Morgan fingerprint density at radius 2 is 1.84 bits per heavy atom. The van der Waals surface area contributed by atoms with Crippen molar-refractivity contribution in [3.05, 3.63) is 47.7 Å². The Bertz CT molecular complexity index is 555. The molecule has 4 heteroatoms. The normalized spacial score (nSPS) is 10.3. The Morgan fingerprint density at radius 3 is 2.37 bits per heavy atom. The molecule has 0 N–H and O–H groups in total. The second-order valence-electron chi connectivity index (χ2n) is 4.30. The van der Waals surface area contributed by atoms with E-state index in [2.05, 4.69) is 4.98 Å². The summed E-state index contributed by atoms with van der Waals surface area (Å²) >= 11 is 5.85. The molecule has 1 aromatic carbocycles. The first-order valence-corrected chi connectivity index (χ1v) is 6.59. The fourth-order valence-corrected chi connectivity index (χ4v) is 2.13. The van der Waals surface area contributed by atoms with Crippen molar-refractivity contribution >= 4 is 23.1 Å². The maximum absolute atomic E-state index is 5.85. The average Bonchev–Trinajstić information content (AvgIpc) is 2.46. The summed E-state index contributed by atoms with van der Waals surface area (Å²) in [4.78, 5) is 6.61. The van der Waals surface area contributed by atoms with Gasteiger partial charge in [-0.25, -0.2) is 4.98 Å². The molecule has 0 aliphatic carbocycles. The lowest BCUT2D eigenvalue weighted by Crippen LogP contribution is -2.12. The molecule has 0 bridgehead atoms. The first-order valence-electron chi connectivity index (χ1n) is 6.06. The zero-order valence-electron chi connectivity index (χ0n) is 11.4. The molecule has 0 fully saturated rings. The highest BCUT2D eigenvalue weighted by Crippen LogP contribution is 2.25. The van der Waals surface area contributed by atoms with Gasteiger partial charge in [0.15, 0.2) is 0 Å². The van der Waals surface area contributed by atoms with Gasteiger partial charge in [0.1, 0.15) is 11.6 Å². The molecule has 0 spiro atoms. The first-order chi connectivity index (χ1) is 9.15. The van der Waals surface area contributed by atoms with Crippen LogP contribution in [0.25, 0.3) is 0 Å². The molecule has 0 saturated carbocycles. The predicted molar refractivity (Wildman–Crippen MR) is 79.6 cm³/mol. The van der Waals surface area contributed by atoms with Crippen molar-refractivity contribution < 1.29 is 4.74 Å². The number of aryl methyl sites for hydroxylation is 1. The molecule has 2 aromatic rings. The fourth-order valence-electron chi connectivity index (χ4n) is 1.84. The van der Waals surface area contributed by atoms with E-state index in [9.17, 15) is 0 Å². The molecule has 19 heavy (non-hydrogen) atoms. The van der Waals surface area contributed by atoms with Crippen LogP contribution in [0.4, 0.5) is 11.5 Å². The minimum Gasteiger partial charge on any atom is -0.497 e. The molecule has 0 saturated heterocycles. The number of halogens is 1. The number of anilines is 2. The maximum atomic E-state index is 5.85. The Labute approximate surface area is 118 Å². The molecule has 3 nitrogen and oxygen atoms in total. The number of hydrogen-bond acceptors (Lipinski definition) is 3. The number of methoxy groups -OCH3 is 1. The molecular weight excluding hydrogens is 260 g/mol. The van der Waals surface area contributed by atoms with E-state index >= 15 is 0 Å². The molecule has 1 heterocycles. The summed E-state index contributed by atoms with van der Waals surface area (Å²) < 4.78 is 5.16. The zero-order chi connectivity index (χ0) is 13.8. The Hall–Kier alpha value is -1.74. The molecule has 0 aliphatic rings. The van der Waals surface area contributed by atoms with E-state index in [0.29, 0.717) is 5.88 Å². The van der Waals surface area contributed by atoms with E-state index in [0.717, 1.165) is 28.5 Å². The van der Waals surface area contributed by atoms with Gasteiger partial charge in [-0.3, -0.25) is 0 Å². The van der Waals surface area contributed by atoms with Crippen LogP contribution < -0.4 is 9.64 Å². The average molecular weight is 277 g/mol. The summed E-state index contributed by atoms with van der Waals surface area (Å²) in [6, 6.07) is 11.9.